The molecule has 2 aliphatic heterocycles. The SMILES string of the molecule is CNC1(Cn2ccc3cc(Cc4ncc5c(=O)n6n(c5n4)-c4ccc5c(n4)N(CCC/C=C\C6)C(=O)CO5)ccc32)CC1. The molecule has 3 aliphatic rings. The van der Waals surface area contributed by atoms with Crippen LogP contribution < -0.4 is 20.5 Å². The van der Waals surface area contributed by atoms with E-state index in [0.717, 1.165) is 24.9 Å². The van der Waals surface area contributed by atoms with Gasteiger partial charge in [-0.25, -0.2) is 24.3 Å². The second-order valence-corrected chi connectivity index (χ2v) is 11.7. The minimum absolute atomic E-state index is 0.00908. The van der Waals surface area contributed by atoms with Gasteiger partial charge in [0.25, 0.3) is 11.5 Å². The van der Waals surface area contributed by atoms with Gasteiger partial charge < -0.3 is 14.6 Å². The number of carbonyl (C=O) groups is 1. The predicted octanol–water partition coefficient (Wildman–Crippen LogP) is 3.35. The molecule has 0 saturated heterocycles. The number of nitrogens with one attached hydrogen (secondary N) is 1. The Bertz CT molecular complexity index is 2000. The zero-order valence-corrected chi connectivity index (χ0v) is 24.0. The van der Waals surface area contributed by atoms with E-state index < -0.39 is 0 Å². The number of benzene rings is 1. The molecule has 5 aromatic rings. The van der Waals surface area contributed by atoms with Crippen LogP contribution in [0.5, 0.6) is 5.75 Å². The molecule has 4 aromatic heterocycles. The minimum Gasteiger partial charge on any atom is -0.480 e. The van der Waals surface area contributed by atoms with Crippen molar-refractivity contribution < 1.29 is 9.53 Å². The van der Waals surface area contributed by atoms with Crippen LogP contribution in [0.25, 0.3) is 27.8 Å². The van der Waals surface area contributed by atoms with E-state index in [0.29, 0.717) is 53.8 Å². The highest BCUT2D eigenvalue weighted by atomic mass is 16.5. The summed E-state index contributed by atoms with van der Waals surface area (Å²) in [6.07, 6.45) is 12.3. The number of hydrogen-bond donors (Lipinski definition) is 1. The van der Waals surface area contributed by atoms with Crippen LogP contribution in [0.3, 0.4) is 0 Å². The molecule has 11 heteroatoms. The van der Waals surface area contributed by atoms with Crippen LogP contribution in [0, 0.1) is 0 Å². The first-order valence-corrected chi connectivity index (χ1v) is 14.9. The predicted molar refractivity (Wildman–Crippen MR) is 163 cm³/mol. The van der Waals surface area contributed by atoms with Crippen molar-refractivity contribution in [2.75, 3.05) is 25.1 Å². The summed E-state index contributed by atoms with van der Waals surface area (Å²) in [6.45, 7) is 1.87. The molecule has 0 atom stereocenters. The third kappa shape index (κ3) is 4.42. The number of rotatable bonds is 5. The van der Waals surface area contributed by atoms with E-state index in [2.05, 4.69) is 45.3 Å². The number of ether oxygens (including phenoxy) is 1. The van der Waals surface area contributed by atoms with Crippen LogP contribution in [-0.2, 0) is 24.3 Å². The highest BCUT2D eigenvalue weighted by Crippen LogP contribution is 2.37. The first-order chi connectivity index (χ1) is 21.0. The standard InChI is InChI=1S/C32H32N8O3/c1-33-32(11-12-32)20-37-15-10-22-16-21(6-7-24(22)37)17-26-34-18-23-29(35-26)40-27-9-8-25-30(36-27)38(28(41)19-43-25)13-4-2-3-5-14-39(40)31(23)42/h3,5-10,15-16,18,33H,2,4,11-14,17,19-20H2,1H3/b5-3-. The summed E-state index contributed by atoms with van der Waals surface area (Å²) < 4.78 is 11.4. The van der Waals surface area contributed by atoms with Gasteiger partial charge in [0.2, 0.25) is 0 Å². The maximum absolute atomic E-state index is 13.6. The van der Waals surface area contributed by atoms with E-state index in [-0.39, 0.29) is 23.6 Å². The van der Waals surface area contributed by atoms with Gasteiger partial charge in [0, 0.05) is 43.0 Å². The van der Waals surface area contributed by atoms with Crippen molar-refractivity contribution in [2.45, 2.75) is 50.7 Å². The second kappa shape index (κ2) is 9.91. The molecule has 1 aromatic carbocycles. The van der Waals surface area contributed by atoms with Crippen LogP contribution in [0.2, 0.25) is 0 Å². The molecule has 0 spiro atoms. The number of hydrogen-bond acceptors (Lipinski definition) is 7. The van der Waals surface area contributed by atoms with Gasteiger partial charge in [-0.15, -0.1) is 0 Å². The van der Waals surface area contributed by atoms with Gasteiger partial charge in [-0.1, -0.05) is 18.2 Å². The van der Waals surface area contributed by atoms with Gasteiger partial charge in [0.05, 0.1) is 6.54 Å². The molecule has 0 radical (unpaired) electrons. The zero-order valence-electron chi connectivity index (χ0n) is 24.0. The molecule has 1 saturated carbocycles. The Morgan fingerprint density at radius 3 is 2.84 bits per heavy atom. The Morgan fingerprint density at radius 2 is 1.98 bits per heavy atom. The molecular formula is C32H32N8O3. The molecule has 1 N–H and O–H groups in total. The van der Waals surface area contributed by atoms with Crippen LogP contribution in [0.1, 0.15) is 37.1 Å². The first-order valence-electron chi connectivity index (χ1n) is 14.9. The number of carbonyl (C=O) groups excluding carboxylic acids is 1. The van der Waals surface area contributed by atoms with Crippen molar-refractivity contribution >= 4 is 33.7 Å². The highest BCUT2D eigenvalue weighted by Gasteiger charge is 2.41. The molecule has 218 valence electrons. The lowest BCUT2D eigenvalue weighted by Crippen LogP contribution is -2.40. The minimum atomic E-state index is -0.190. The highest BCUT2D eigenvalue weighted by molar-refractivity contribution is 5.96. The van der Waals surface area contributed by atoms with E-state index in [1.54, 1.807) is 26.5 Å². The topological polar surface area (TPSA) is 112 Å². The van der Waals surface area contributed by atoms with Crippen LogP contribution in [-0.4, -0.2) is 60.5 Å². The van der Waals surface area contributed by atoms with Crippen LogP contribution >= 0.6 is 0 Å². The Labute approximate surface area is 247 Å². The molecule has 11 nitrogen and oxygen atoms in total. The molecule has 0 unspecified atom stereocenters. The number of pyridine rings is 1. The van der Waals surface area contributed by atoms with Crippen molar-refractivity contribution in [3.63, 3.8) is 0 Å². The fourth-order valence-electron chi connectivity index (χ4n) is 6.27. The molecular weight excluding hydrogens is 544 g/mol. The van der Waals surface area contributed by atoms with E-state index in [1.807, 2.05) is 25.3 Å². The van der Waals surface area contributed by atoms with Crippen molar-refractivity contribution in [3.05, 3.63) is 82.7 Å². The van der Waals surface area contributed by atoms with E-state index >= 15 is 0 Å². The monoisotopic (exact) mass is 576 g/mol. The zero-order chi connectivity index (χ0) is 29.1. The smallest absolute Gasteiger partial charge is 0.278 e. The average molecular weight is 577 g/mol. The maximum Gasteiger partial charge on any atom is 0.278 e. The van der Waals surface area contributed by atoms with Gasteiger partial charge in [0.1, 0.15) is 11.2 Å². The largest absolute Gasteiger partial charge is 0.480 e. The molecule has 1 fully saturated rings. The lowest BCUT2D eigenvalue weighted by Gasteiger charge is -2.28. The summed E-state index contributed by atoms with van der Waals surface area (Å²) in [4.78, 5) is 42.3. The Balaban J connectivity index is 1.19. The normalized spacial score (nSPS) is 18.2. The summed E-state index contributed by atoms with van der Waals surface area (Å²) in [5, 5.41) is 5.08. The first kappa shape index (κ1) is 25.9. The van der Waals surface area contributed by atoms with Crippen molar-refractivity contribution in [1.82, 2.24) is 34.2 Å². The lowest BCUT2D eigenvalue weighted by atomic mass is 10.1. The Morgan fingerprint density at radius 1 is 1.07 bits per heavy atom. The molecule has 43 heavy (non-hydrogen) atoms. The van der Waals surface area contributed by atoms with Crippen LogP contribution in [0.4, 0.5) is 5.82 Å². The fraction of sp³-hybridized carbons (Fsp3) is 0.344. The van der Waals surface area contributed by atoms with E-state index in [1.165, 1.54) is 23.7 Å². The van der Waals surface area contributed by atoms with E-state index in [9.17, 15) is 9.59 Å². The number of allylic oxidation sites excluding steroid dienone is 2. The van der Waals surface area contributed by atoms with Crippen molar-refractivity contribution in [3.8, 4) is 11.6 Å². The Hall–Kier alpha value is -4.77. The van der Waals surface area contributed by atoms with Gasteiger partial charge in [-0.05, 0) is 74.0 Å². The molecule has 2 bridgehead atoms. The summed E-state index contributed by atoms with van der Waals surface area (Å²) in [5.74, 6) is 2.00. The number of fused-ring (bicyclic) bond motifs is 6. The molecule has 8 rings (SSSR count). The number of anilines is 1. The quantitative estimate of drug-likeness (QED) is 0.320. The Kier molecular flexibility index (Phi) is 5.97. The van der Waals surface area contributed by atoms with Crippen molar-refractivity contribution in [1.29, 1.82) is 0 Å². The number of nitrogens with zero attached hydrogens (tertiary/aromatic N) is 7. The average Bonchev–Trinajstić information content (AvgIpc) is 3.61. The summed E-state index contributed by atoms with van der Waals surface area (Å²) in [5.41, 5.74) is 2.82. The number of likely N-dealkylation sites (N-methyl/N-ethyl adjacent to an activating group) is 1. The summed E-state index contributed by atoms with van der Waals surface area (Å²) in [6, 6.07) is 12.3. The fourth-order valence-corrected chi connectivity index (χ4v) is 6.27. The maximum atomic E-state index is 13.6. The van der Waals surface area contributed by atoms with Crippen molar-refractivity contribution in [2.24, 2.45) is 0 Å². The third-order valence-electron chi connectivity index (χ3n) is 8.93. The molecule has 6 heterocycles. The third-order valence-corrected chi connectivity index (χ3v) is 8.93. The van der Waals surface area contributed by atoms with Gasteiger partial charge in [-0.2, -0.15) is 0 Å². The van der Waals surface area contributed by atoms with Gasteiger partial charge in [0.15, 0.2) is 29.6 Å². The summed E-state index contributed by atoms with van der Waals surface area (Å²) >= 11 is 0. The number of amides is 1. The van der Waals surface area contributed by atoms with Crippen LogP contribution in [0.15, 0.2) is 65.7 Å². The second-order valence-electron chi connectivity index (χ2n) is 11.7. The van der Waals surface area contributed by atoms with E-state index in [4.69, 9.17) is 14.7 Å². The van der Waals surface area contributed by atoms with Gasteiger partial charge in [-0.3, -0.25) is 14.5 Å². The molecule has 1 aliphatic carbocycles. The lowest BCUT2D eigenvalue weighted by molar-refractivity contribution is -0.121. The number of aromatic nitrogens is 6. The van der Waals surface area contributed by atoms with Gasteiger partial charge >= 0.3 is 0 Å². The summed E-state index contributed by atoms with van der Waals surface area (Å²) in [7, 11) is 2.04. The molecule has 1 amide bonds.